The van der Waals surface area contributed by atoms with Crippen LogP contribution in [0.1, 0.15) is 18.9 Å². The lowest BCUT2D eigenvalue weighted by molar-refractivity contribution is -0.137. The molecule has 0 spiro atoms. The molecule has 0 aliphatic heterocycles. The van der Waals surface area contributed by atoms with Gasteiger partial charge in [0.05, 0.1) is 11.3 Å². The van der Waals surface area contributed by atoms with Crippen molar-refractivity contribution in [2.75, 3.05) is 23.4 Å². The van der Waals surface area contributed by atoms with Gasteiger partial charge in [-0.3, -0.25) is 9.59 Å². The van der Waals surface area contributed by atoms with E-state index in [0.29, 0.717) is 5.69 Å². The summed E-state index contributed by atoms with van der Waals surface area (Å²) < 4.78 is 40.0. The summed E-state index contributed by atoms with van der Waals surface area (Å²) in [6, 6.07) is 12.0. The van der Waals surface area contributed by atoms with Gasteiger partial charge in [0.2, 0.25) is 11.8 Å². The average Bonchev–Trinajstić information content (AvgIpc) is 2.61. The van der Waals surface area contributed by atoms with Crippen LogP contribution in [0.5, 0.6) is 0 Å². The topological polar surface area (TPSA) is 40.6 Å². The molecule has 0 saturated carbocycles. The predicted molar refractivity (Wildman–Crippen MR) is 99.0 cm³/mol. The van der Waals surface area contributed by atoms with Crippen LogP contribution in [0.4, 0.5) is 24.5 Å². The molecule has 0 aromatic heterocycles. The van der Waals surface area contributed by atoms with Crippen LogP contribution in [-0.2, 0) is 15.8 Å². The molecular formula is C19H18ClF3N2O2. The van der Waals surface area contributed by atoms with Gasteiger partial charge in [0.15, 0.2) is 0 Å². The highest BCUT2D eigenvalue weighted by Crippen LogP contribution is 2.38. The zero-order chi connectivity index (χ0) is 20.2. The van der Waals surface area contributed by atoms with Crippen LogP contribution in [0.2, 0.25) is 5.02 Å². The van der Waals surface area contributed by atoms with Crippen LogP contribution in [0.15, 0.2) is 48.5 Å². The van der Waals surface area contributed by atoms with Crippen molar-refractivity contribution in [2.45, 2.75) is 19.5 Å². The van der Waals surface area contributed by atoms with Gasteiger partial charge in [0, 0.05) is 37.6 Å². The minimum atomic E-state index is -4.68. The van der Waals surface area contributed by atoms with E-state index in [2.05, 4.69) is 0 Å². The molecule has 2 aromatic rings. The molecule has 2 rings (SSSR count). The zero-order valence-corrected chi connectivity index (χ0v) is 15.5. The van der Waals surface area contributed by atoms with Crippen molar-refractivity contribution >= 4 is 34.8 Å². The zero-order valence-electron chi connectivity index (χ0n) is 14.8. The fourth-order valence-electron chi connectivity index (χ4n) is 2.59. The summed E-state index contributed by atoms with van der Waals surface area (Å²) >= 11 is 5.68. The van der Waals surface area contributed by atoms with Crippen LogP contribution in [-0.4, -0.2) is 25.4 Å². The number of alkyl halides is 3. The number of rotatable bonds is 5. The van der Waals surface area contributed by atoms with E-state index in [1.54, 1.807) is 37.4 Å². The number of halogens is 4. The van der Waals surface area contributed by atoms with Crippen molar-refractivity contribution < 1.29 is 22.8 Å². The standard InChI is InChI=1S/C19H18ClF3N2O2/c1-13(26)25(17-9-8-14(20)12-16(17)19(21,22)23)11-10-18(27)24(2)15-6-4-3-5-7-15/h3-9,12H,10-11H2,1-2H3. The molecule has 0 bridgehead atoms. The molecule has 4 nitrogen and oxygen atoms in total. The summed E-state index contributed by atoms with van der Waals surface area (Å²) in [5.74, 6) is -0.923. The fourth-order valence-corrected chi connectivity index (χ4v) is 2.76. The second kappa shape index (κ2) is 8.43. The second-order valence-corrected chi connectivity index (χ2v) is 6.30. The first kappa shape index (κ1) is 20.8. The summed E-state index contributed by atoms with van der Waals surface area (Å²) in [6.07, 6.45) is -4.82. The first-order chi connectivity index (χ1) is 12.6. The smallest absolute Gasteiger partial charge is 0.315 e. The van der Waals surface area contributed by atoms with Gasteiger partial charge in [0.25, 0.3) is 0 Å². The Balaban J connectivity index is 2.22. The van der Waals surface area contributed by atoms with E-state index in [4.69, 9.17) is 11.6 Å². The van der Waals surface area contributed by atoms with Crippen molar-refractivity contribution in [3.05, 3.63) is 59.1 Å². The van der Waals surface area contributed by atoms with E-state index in [0.717, 1.165) is 24.0 Å². The summed E-state index contributed by atoms with van der Waals surface area (Å²) in [5, 5.41) is -0.0885. The van der Waals surface area contributed by atoms with Crippen molar-refractivity contribution in [1.29, 1.82) is 0 Å². The lowest BCUT2D eigenvalue weighted by Crippen LogP contribution is -2.35. The van der Waals surface area contributed by atoms with E-state index in [-0.39, 0.29) is 29.6 Å². The number of amides is 2. The molecule has 0 saturated heterocycles. The predicted octanol–water partition coefficient (Wildman–Crippen LogP) is 4.76. The lowest BCUT2D eigenvalue weighted by Gasteiger charge is -2.26. The third-order valence-corrected chi connectivity index (χ3v) is 4.24. The molecule has 0 fully saturated rings. The number of carbonyl (C=O) groups excluding carboxylic acids is 2. The Bertz CT molecular complexity index is 825. The maximum Gasteiger partial charge on any atom is 0.418 e. The molecule has 0 atom stereocenters. The number of carbonyl (C=O) groups is 2. The summed E-state index contributed by atoms with van der Waals surface area (Å²) in [5.41, 5.74) is -0.692. The van der Waals surface area contributed by atoms with E-state index in [1.807, 2.05) is 0 Å². The molecule has 0 unspecified atom stereocenters. The molecule has 8 heteroatoms. The Morgan fingerprint density at radius 1 is 1.07 bits per heavy atom. The molecule has 27 heavy (non-hydrogen) atoms. The van der Waals surface area contributed by atoms with Crippen LogP contribution in [0.3, 0.4) is 0 Å². The third-order valence-electron chi connectivity index (χ3n) is 4.00. The van der Waals surface area contributed by atoms with Crippen molar-refractivity contribution in [3.63, 3.8) is 0 Å². The highest BCUT2D eigenvalue weighted by molar-refractivity contribution is 6.30. The lowest BCUT2D eigenvalue weighted by atomic mass is 10.1. The van der Waals surface area contributed by atoms with Gasteiger partial charge in [-0.2, -0.15) is 13.2 Å². The normalized spacial score (nSPS) is 11.2. The molecule has 0 heterocycles. The second-order valence-electron chi connectivity index (χ2n) is 5.87. The first-order valence-corrected chi connectivity index (χ1v) is 8.45. The molecular weight excluding hydrogens is 381 g/mol. The minimum Gasteiger partial charge on any atom is -0.315 e. The Kier molecular flexibility index (Phi) is 6.49. The third kappa shape index (κ3) is 5.23. The molecule has 0 N–H and O–H groups in total. The number of anilines is 2. The van der Waals surface area contributed by atoms with Gasteiger partial charge in [-0.15, -0.1) is 0 Å². The Labute approximate surface area is 160 Å². The molecule has 2 amide bonds. The number of hydrogen-bond donors (Lipinski definition) is 0. The maximum absolute atomic E-state index is 13.3. The van der Waals surface area contributed by atoms with Crippen LogP contribution >= 0.6 is 11.6 Å². The van der Waals surface area contributed by atoms with E-state index < -0.39 is 17.6 Å². The summed E-state index contributed by atoms with van der Waals surface area (Å²) in [6.45, 7) is 0.968. The van der Waals surface area contributed by atoms with E-state index >= 15 is 0 Å². The van der Waals surface area contributed by atoms with Crippen molar-refractivity contribution in [1.82, 2.24) is 0 Å². The minimum absolute atomic E-state index is 0.0885. The number of para-hydroxylation sites is 1. The molecule has 0 radical (unpaired) electrons. The highest BCUT2D eigenvalue weighted by atomic mass is 35.5. The maximum atomic E-state index is 13.3. The number of nitrogens with zero attached hydrogens (tertiary/aromatic N) is 2. The fraction of sp³-hybridized carbons (Fsp3) is 0.263. The Hall–Kier alpha value is -2.54. The van der Waals surface area contributed by atoms with Gasteiger partial charge in [-0.1, -0.05) is 29.8 Å². The molecule has 144 valence electrons. The monoisotopic (exact) mass is 398 g/mol. The van der Waals surface area contributed by atoms with Crippen molar-refractivity contribution in [2.24, 2.45) is 0 Å². The van der Waals surface area contributed by atoms with Gasteiger partial charge >= 0.3 is 6.18 Å². The Morgan fingerprint density at radius 3 is 2.26 bits per heavy atom. The van der Waals surface area contributed by atoms with E-state index in [9.17, 15) is 22.8 Å². The largest absolute Gasteiger partial charge is 0.418 e. The van der Waals surface area contributed by atoms with Gasteiger partial charge in [0.1, 0.15) is 0 Å². The van der Waals surface area contributed by atoms with Crippen molar-refractivity contribution in [3.8, 4) is 0 Å². The van der Waals surface area contributed by atoms with Crippen LogP contribution in [0, 0.1) is 0 Å². The molecule has 2 aromatic carbocycles. The molecule has 0 aliphatic carbocycles. The average molecular weight is 399 g/mol. The summed E-state index contributed by atoms with van der Waals surface area (Å²) in [7, 11) is 1.57. The van der Waals surface area contributed by atoms with Gasteiger partial charge in [-0.05, 0) is 30.3 Å². The van der Waals surface area contributed by atoms with E-state index in [1.165, 1.54) is 11.0 Å². The summed E-state index contributed by atoms with van der Waals surface area (Å²) in [4.78, 5) is 26.7. The SMILES string of the molecule is CC(=O)N(CCC(=O)N(C)c1ccccc1)c1ccc(Cl)cc1C(F)(F)F. The van der Waals surface area contributed by atoms with Crippen LogP contribution in [0.25, 0.3) is 0 Å². The number of benzene rings is 2. The number of hydrogen-bond acceptors (Lipinski definition) is 2. The molecule has 0 aliphatic rings. The Morgan fingerprint density at radius 2 is 1.70 bits per heavy atom. The highest BCUT2D eigenvalue weighted by Gasteiger charge is 2.36. The van der Waals surface area contributed by atoms with Gasteiger partial charge < -0.3 is 9.80 Å². The first-order valence-electron chi connectivity index (χ1n) is 8.07. The van der Waals surface area contributed by atoms with Crippen LogP contribution < -0.4 is 9.80 Å². The van der Waals surface area contributed by atoms with Gasteiger partial charge in [-0.25, -0.2) is 0 Å². The quantitative estimate of drug-likeness (QED) is 0.728.